The van der Waals surface area contributed by atoms with Crippen LogP contribution in [0.2, 0.25) is 0 Å². The summed E-state index contributed by atoms with van der Waals surface area (Å²) in [5.74, 6) is 1.79. The summed E-state index contributed by atoms with van der Waals surface area (Å²) >= 11 is 0. The molecular weight excluding hydrogens is 417 g/mol. The van der Waals surface area contributed by atoms with E-state index in [1.807, 2.05) is 19.1 Å². The molecule has 0 spiro atoms. The van der Waals surface area contributed by atoms with E-state index >= 15 is 0 Å². The molecule has 0 amide bonds. The van der Waals surface area contributed by atoms with E-state index in [-0.39, 0.29) is 24.0 Å². The minimum Gasteiger partial charge on any atom is -0.494 e. The van der Waals surface area contributed by atoms with E-state index < -0.39 is 0 Å². The number of hydrogen-bond donors (Lipinski definition) is 2. The highest BCUT2D eigenvalue weighted by Gasteiger charge is 1.97. The predicted octanol–water partition coefficient (Wildman–Crippen LogP) is 3.36. The molecule has 0 bridgehead atoms. The number of nitrogens with zero attached hydrogens (tertiary/aromatic N) is 1. The second kappa shape index (κ2) is 15.5. The average Bonchev–Trinajstić information content (AvgIpc) is 2.56. The Morgan fingerprint density at radius 3 is 2.46 bits per heavy atom. The van der Waals surface area contributed by atoms with Gasteiger partial charge in [0, 0.05) is 26.2 Å². The molecule has 6 heteroatoms. The van der Waals surface area contributed by atoms with E-state index in [9.17, 15) is 0 Å². The Labute approximate surface area is 163 Å². The Kier molecular flexibility index (Phi) is 14.8. The Morgan fingerprint density at radius 2 is 1.79 bits per heavy atom. The van der Waals surface area contributed by atoms with Gasteiger partial charge in [0.1, 0.15) is 5.75 Å². The summed E-state index contributed by atoms with van der Waals surface area (Å²) in [7, 11) is 0. The zero-order chi connectivity index (χ0) is 16.8. The van der Waals surface area contributed by atoms with Crippen molar-refractivity contribution in [1.82, 2.24) is 10.6 Å². The first-order chi connectivity index (χ1) is 11.3. The summed E-state index contributed by atoms with van der Waals surface area (Å²) in [6.07, 6.45) is 2.00. The second-order valence-corrected chi connectivity index (χ2v) is 5.25. The van der Waals surface area contributed by atoms with Gasteiger partial charge in [0.2, 0.25) is 0 Å². The maximum absolute atomic E-state index is 5.71. The van der Waals surface area contributed by atoms with Gasteiger partial charge in [0.05, 0.1) is 13.2 Å². The average molecular weight is 449 g/mol. The number of aryl methyl sites for hydroxylation is 1. The van der Waals surface area contributed by atoms with Crippen LogP contribution >= 0.6 is 24.0 Å². The lowest BCUT2D eigenvalue weighted by atomic mass is 10.2. The smallest absolute Gasteiger partial charge is 0.191 e. The van der Waals surface area contributed by atoms with Crippen LogP contribution in [0.4, 0.5) is 0 Å². The van der Waals surface area contributed by atoms with Gasteiger partial charge < -0.3 is 20.1 Å². The Balaban J connectivity index is 0.00000529. The quantitative estimate of drug-likeness (QED) is 0.236. The van der Waals surface area contributed by atoms with Crippen LogP contribution in [0.15, 0.2) is 29.3 Å². The van der Waals surface area contributed by atoms with Crippen LogP contribution in [0.25, 0.3) is 0 Å². The van der Waals surface area contributed by atoms with Crippen molar-refractivity contribution in [2.75, 3.05) is 39.5 Å². The summed E-state index contributed by atoms with van der Waals surface area (Å²) in [6.45, 7) is 10.7. The summed E-state index contributed by atoms with van der Waals surface area (Å²) < 4.78 is 11.0. The number of rotatable bonds is 11. The van der Waals surface area contributed by atoms with Crippen LogP contribution in [-0.4, -0.2) is 45.4 Å². The highest BCUT2D eigenvalue weighted by Crippen LogP contribution is 2.11. The Morgan fingerprint density at radius 1 is 1.04 bits per heavy atom. The third-order valence-electron chi connectivity index (χ3n) is 3.20. The normalized spacial score (nSPS) is 10.9. The lowest BCUT2D eigenvalue weighted by Gasteiger charge is -2.11. The first-order valence-electron chi connectivity index (χ1n) is 8.55. The van der Waals surface area contributed by atoms with Crippen molar-refractivity contribution in [3.63, 3.8) is 0 Å². The monoisotopic (exact) mass is 449 g/mol. The number of nitrogens with one attached hydrogen (secondary N) is 2. The van der Waals surface area contributed by atoms with Gasteiger partial charge in [-0.3, -0.25) is 4.99 Å². The SMILES string of the molecule is CCNC(=NCCCCOc1ccc(C)cc1)NCCOCC.I. The number of halogens is 1. The molecule has 0 unspecified atom stereocenters. The van der Waals surface area contributed by atoms with Crippen molar-refractivity contribution in [1.29, 1.82) is 0 Å². The minimum atomic E-state index is 0. The largest absolute Gasteiger partial charge is 0.494 e. The molecule has 0 heterocycles. The van der Waals surface area contributed by atoms with Gasteiger partial charge in [-0.15, -0.1) is 24.0 Å². The van der Waals surface area contributed by atoms with Gasteiger partial charge in [-0.2, -0.15) is 0 Å². The highest BCUT2D eigenvalue weighted by atomic mass is 127. The maximum atomic E-state index is 5.71. The van der Waals surface area contributed by atoms with Gasteiger partial charge >= 0.3 is 0 Å². The zero-order valence-corrected chi connectivity index (χ0v) is 17.5. The van der Waals surface area contributed by atoms with Gasteiger partial charge in [-0.05, 0) is 45.7 Å². The van der Waals surface area contributed by atoms with Crippen molar-refractivity contribution in [3.05, 3.63) is 29.8 Å². The van der Waals surface area contributed by atoms with E-state index in [1.54, 1.807) is 0 Å². The number of hydrogen-bond acceptors (Lipinski definition) is 3. The fourth-order valence-electron chi connectivity index (χ4n) is 1.96. The molecule has 1 rings (SSSR count). The molecule has 1 aromatic carbocycles. The van der Waals surface area contributed by atoms with Crippen molar-refractivity contribution >= 4 is 29.9 Å². The van der Waals surface area contributed by atoms with E-state index in [2.05, 4.69) is 41.6 Å². The lowest BCUT2D eigenvalue weighted by Crippen LogP contribution is -2.39. The summed E-state index contributed by atoms with van der Waals surface area (Å²) in [4.78, 5) is 4.55. The lowest BCUT2D eigenvalue weighted by molar-refractivity contribution is 0.152. The maximum Gasteiger partial charge on any atom is 0.191 e. The molecule has 138 valence electrons. The van der Waals surface area contributed by atoms with Gasteiger partial charge in [-0.1, -0.05) is 17.7 Å². The van der Waals surface area contributed by atoms with Gasteiger partial charge in [0.15, 0.2) is 5.96 Å². The zero-order valence-electron chi connectivity index (χ0n) is 15.1. The fourth-order valence-corrected chi connectivity index (χ4v) is 1.96. The standard InChI is InChI=1S/C18H31N3O2.HI/c1-4-19-18(21-13-15-22-5-2)20-12-6-7-14-23-17-10-8-16(3)9-11-17;/h8-11H,4-7,12-15H2,1-3H3,(H2,19,20,21);1H. The molecule has 24 heavy (non-hydrogen) atoms. The molecule has 0 radical (unpaired) electrons. The molecule has 0 atom stereocenters. The van der Waals surface area contributed by atoms with Crippen LogP contribution in [0.3, 0.4) is 0 Å². The molecular formula is C18H32IN3O2. The van der Waals surface area contributed by atoms with E-state index in [1.165, 1.54) is 5.56 Å². The Hall–Kier alpha value is -1.02. The van der Waals surface area contributed by atoms with Crippen LogP contribution < -0.4 is 15.4 Å². The molecule has 5 nitrogen and oxygen atoms in total. The van der Waals surface area contributed by atoms with Crippen LogP contribution in [0.1, 0.15) is 32.3 Å². The third kappa shape index (κ3) is 11.5. The van der Waals surface area contributed by atoms with Crippen molar-refractivity contribution in [2.24, 2.45) is 4.99 Å². The molecule has 0 aromatic heterocycles. The van der Waals surface area contributed by atoms with Crippen LogP contribution in [0, 0.1) is 6.92 Å². The first kappa shape index (κ1) is 23.0. The van der Waals surface area contributed by atoms with E-state index in [0.29, 0.717) is 6.61 Å². The molecule has 1 aromatic rings. The number of ether oxygens (including phenoxy) is 2. The number of guanidine groups is 1. The van der Waals surface area contributed by atoms with Crippen molar-refractivity contribution < 1.29 is 9.47 Å². The van der Waals surface area contributed by atoms with E-state index in [0.717, 1.165) is 57.4 Å². The number of benzene rings is 1. The molecule has 2 N–H and O–H groups in total. The van der Waals surface area contributed by atoms with E-state index in [4.69, 9.17) is 9.47 Å². The van der Waals surface area contributed by atoms with Gasteiger partial charge in [-0.25, -0.2) is 0 Å². The molecule has 0 fully saturated rings. The minimum absolute atomic E-state index is 0. The molecule has 0 aliphatic rings. The van der Waals surface area contributed by atoms with Crippen molar-refractivity contribution in [2.45, 2.75) is 33.6 Å². The highest BCUT2D eigenvalue weighted by molar-refractivity contribution is 14.0. The van der Waals surface area contributed by atoms with Crippen LogP contribution in [0.5, 0.6) is 5.75 Å². The van der Waals surface area contributed by atoms with Crippen LogP contribution in [-0.2, 0) is 4.74 Å². The third-order valence-corrected chi connectivity index (χ3v) is 3.20. The second-order valence-electron chi connectivity index (χ2n) is 5.25. The summed E-state index contributed by atoms with van der Waals surface area (Å²) in [6, 6.07) is 8.16. The first-order valence-corrected chi connectivity index (χ1v) is 8.55. The molecule has 0 saturated heterocycles. The molecule has 0 aliphatic heterocycles. The van der Waals surface area contributed by atoms with Crippen molar-refractivity contribution in [3.8, 4) is 5.75 Å². The Bertz CT molecular complexity index is 438. The topological polar surface area (TPSA) is 54.9 Å². The summed E-state index contributed by atoms with van der Waals surface area (Å²) in [5, 5.41) is 6.49. The molecule has 0 aliphatic carbocycles. The van der Waals surface area contributed by atoms with Gasteiger partial charge in [0.25, 0.3) is 0 Å². The number of unbranched alkanes of at least 4 members (excludes halogenated alkanes) is 1. The predicted molar refractivity (Wildman–Crippen MR) is 112 cm³/mol. The number of aliphatic imine (C=N–C) groups is 1. The fraction of sp³-hybridized carbons (Fsp3) is 0.611. The molecule has 0 saturated carbocycles. The summed E-state index contributed by atoms with van der Waals surface area (Å²) in [5.41, 5.74) is 1.25.